The SMILES string of the molecule is CC(C)CN1CCCC[C@@H]1c1ccc(Cl)nc1. The fourth-order valence-electron chi connectivity index (χ4n) is 2.64. The molecule has 0 bridgehead atoms. The van der Waals surface area contributed by atoms with Gasteiger partial charge in [-0.2, -0.15) is 0 Å². The van der Waals surface area contributed by atoms with Crippen molar-refractivity contribution in [1.29, 1.82) is 0 Å². The zero-order valence-electron chi connectivity index (χ0n) is 10.7. The smallest absolute Gasteiger partial charge is 0.129 e. The van der Waals surface area contributed by atoms with Crippen LogP contribution in [0.5, 0.6) is 0 Å². The van der Waals surface area contributed by atoms with Gasteiger partial charge in [0.05, 0.1) is 0 Å². The molecule has 2 heterocycles. The van der Waals surface area contributed by atoms with Crippen molar-refractivity contribution in [3.63, 3.8) is 0 Å². The predicted molar refractivity (Wildman–Crippen MR) is 72.3 cm³/mol. The maximum atomic E-state index is 5.85. The van der Waals surface area contributed by atoms with E-state index < -0.39 is 0 Å². The summed E-state index contributed by atoms with van der Waals surface area (Å²) in [6.45, 7) is 6.95. The molecule has 2 nitrogen and oxygen atoms in total. The minimum absolute atomic E-state index is 0.538. The molecule has 1 fully saturated rings. The second-order valence-corrected chi connectivity index (χ2v) is 5.70. The Bertz CT molecular complexity index is 348. The number of halogens is 1. The molecular formula is C14H21ClN2. The van der Waals surface area contributed by atoms with E-state index in [0.29, 0.717) is 11.2 Å². The molecule has 1 aromatic rings. The van der Waals surface area contributed by atoms with Crippen LogP contribution in [0.2, 0.25) is 5.15 Å². The highest BCUT2D eigenvalue weighted by Gasteiger charge is 2.24. The van der Waals surface area contributed by atoms with Crippen LogP contribution in [0.25, 0.3) is 0 Å². The van der Waals surface area contributed by atoms with E-state index in [1.165, 1.54) is 37.9 Å². The number of aromatic nitrogens is 1. The van der Waals surface area contributed by atoms with Gasteiger partial charge in [-0.05, 0) is 36.9 Å². The molecule has 0 unspecified atom stereocenters. The van der Waals surface area contributed by atoms with Crippen molar-refractivity contribution in [1.82, 2.24) is 9.88 Å². The molecule has 2 rings (SSSR count). The van der Waals surface area contributed by atoms with Gasteiger partial charge in [0.1, 0.15) is 5.15 Å². The molecule has 0 aliphatic carbocycles. The molecule has 1 aliphatic rings. The fourth-order valence-corrected chi connectivity index (χ4v) is 2.75. The molecule has 1 saturated heterocycles. The molecule has 3 heteroatoms. The third kappa shape index (κ3) is 3.43. The van der Waals surface area contributed by atoms with Crippen molar-refractivity contribution in [3.8, 4) is 0 Å². The maximum Gasteiger partial charge on any atom is 0.129 e. The molecule has 0 radical (unpaired) electrons. The Morgan fingerprint density at radius 3 is 2.88 bits per heavy atom. The summed E-state index contributed by atoms with van der Waals surface area (Å²) in [7, 11) is 0. The standard InChI is InChI=1S/C14H21ClN2/c1-11(2)10-17-8-4-3-5-13(17)12-6-7-14(15)16-9-12/h6-7,9,11,13H,3-5,8,10H2,1-2H3/t13-/m1/s1. The van der Waals surface area contributed by atoms with E-state index in [9.17, 15) is 0 Å². The van der Waals surface area contributed by atoms with Gasteiger partial charge in [0.2, 0.25) is 0 Å². The lowest BCUT2D eigenvalue weighted by Gasteiger charge is -2.37. The molecule has 94 valence electrons. The molecule has 1 aliphatic heterocycles. The number of nitrogens with zero attached hydrogens (tertiary/aromatic N) is 2. The normalized spacial score (nSPS) is 22.0. The van der Waals surface area contributed by atoms with Crippen LogP contribution in [0.1, 0.15) is 44.7 Å². The summed E-state index contributed by atoms with van der Waals surface area (Å²) in [5.74, 6) is 0.718. The molecule has 0 aromatic carbocycles. The van der Waals surface area contributed by atoms with E-state index in [1.54, 1.807) is 0 Å². The third-order valence-corrected chi connectivity index (χ3v) is 3.57. The summed E-state index contributed by atoms with van der Waals surface area (Å²) in [4.78, 5) is 6.80. The molecule has 1 atom stereocenters. The van der Waals surface area contributed by atoms with Gasteiger partial charge in [-0.15, -0.1) is 0 Å². The van der Waals surface area contributed by atoms with Crippen LogP contribution < -0.4 is 0 Å². The van der Waals surface area contributed by atoms with Crippen molar-refractivity contribution < 1.29 is 0 Å². The third-order valence-electron chi connectivity index (χ3n) is 3.35. The Kier molecular flexibility index (Phi) is 4.41. The molecule has 17 heavy (non-hydrogen) atoms. The largest absolute Gasteiger partial charge is 0.296 e. The van der Waals surface area contributed by atoms with E-state index in [0.717, 1.165) is 5.92 Å². The van der Waals surface area contributed by atoms with Crippen molar-refractivity contribution in [3.05, 3.63) is 29.0 Å². The Labute approximate surface area is 109 Å². The Morgan fingerprint density at radius 1 is 1.41 bits per heavy atom. The van der Waals surface area contributed by atoms with Gasteiger partial charge in [-0.3, -0.25) is 4.90 Å². The van der Waals surface area contributed by atoms with Crippen LogP contribution in [-0.4, -0.2) is 23.0 Å². The van der Waals surface area contributed by atoms with Crippen molar-refractivity contribution in [2.24, 2.45) is 5.92 Å². The molecule has 0 amide bonds. The highest BCUT2D eigenvalue weighted by atomic mass is 35.5. The van der Waals surface area contributed by atoms with Gasteiger partial charge in [0, 0.05) is 18.8 Å². The van der Waals surface area contributed by atoms with E-state index in [-0.39, 0.29) is 0 Å². The molecule has 1 aromatic heterocycles. The van der Waals surface area contributed by atoms with Gasteiger partial charge in [0.15, 0.2) is 0 Å². The molecule has 0 spiro atoms. The topological polar surface area (TPSA) is 16.1 Å². The van der Waals surface area contributed by atoms with Gasteiger partial charge in [0.25, 0.3) is 0 Å². The lowest BCUT2D eigenvalue weighted by atomic mass is 9.95. The first-order valence-corrected chi connectivity index (χ1v) is 6.90. The summed E-state index contributed by atoms with van der Waals surface area (Å²) in [5, 5.41) is 0.583. The Hall–Kier alpha value is -0.600. The quantitative estimate of drug-likeness (QED) is 0.758. The van der Waals surface area contributed by atoms with Crippen LogP contribution in [-0.2, 0) is 0 Å². The Morgan fingerprint density at radius 2 is 2.24 bits per heavy atom. The summed E-state index contributed by atoms with van der Waals surface area (Å²) < 4.78 is 0. The first-order valence-electron chi connectivity index (χ1n) is 6.52. The number of piperidine rings is 1. The first-order chi connectivity index (χ1) is 8.16. The molecule has 0 saturated carbocycles. The lowest BCUT2D eigenvalue weighted by molar-refractivity contribution is 0.132. The first kappa shape index (κ1) is 12.8. The summed E-state index contributed by atoms with van der Waals surface area (Å²) >= 11 is 5.85. The Balaban J connectivity index is 2.12. The van der Waals surface area contributed by atoms with Gasteiger partial charge in [-0.25, -0.2) is 4.98 Å². The van der Waals surface area contributed by atoms with Gasteiger partial charge < -0.3 is 0 Å². The van der Waals surface area contributed by atoms with E-state index in [4.69, 9.17) is 11.6 Å². The van der Waals surface area contributed by atoms with E-state index in [1.807, 2.05) is 12.3 Å². The number of rotatable bonds is 3. The molecule has 0 N–H and O–H groups in total. The van der Waals surface area contributed by atoms with Crippen LogP contribution in [0, 0.1) is 5.92 Å². The summed E-state index contributed by atoms with van der Waals surface area (Å²) in [5.41, 5.74) is 1.31. The lowest BCUT2D eigenvalue weighted by Crippen LogP contribution is -2.36. The maximum absolute atomic E-state index is 5.85. The highest BCUT2D eigenvalue weighted by molar-refractivity contribution is 6.29. The van der Waals surface area contributed by atoms with Crippen LogP contribution in [0.3, 0.4) is 0 Å². The van der Waals surface area contributed by atoms with Crippen LogP contribution in [0.4, 0.5) is 0 Å². The van der Waals surface area contributed by atoms with Crippen LogP contribution in [0.15, 0.2) is 18.3 Å². The zero-order chi connectivity index (χ0) is 12.3. The van der Waals surface area contributed by atoms with Gasteiger partial charge in [-0.1, -0.05) is 37.9 Å². The number of hydrogen-bond acceptors (Lipinski definition) is 2. The summed E-state index contributed by atoms with van der Waals surface area (Å²) in [6.07, 6.45) is 5.83. The highest BCUT2D eigenvalue weighted by Crippen LogP contribution is 2.31. The number of hydrogen-bond donors (Lipinski definition) is 0. The second-order valence-electron chi connectivity index (χ2n) is 5.31. The zero-order valence-corrected chi connectivity index (χ0v) is 11.5. The van der Waals surface area contributed by atoms with Crippen molar-refractivity contribution in [2.75, 3.05) is 13.1 Å². The number of likely N-dealkylation sites (tertiary alicyclic amines) is 1. The van der Waals surface area contributed by atoms with Crippen molar-refractivity contribution in [2.45, 2.75) is 39.2 Å². The average molecular weight is 253 g/mol. The van der Waals surface area contributed by atoms with Crippen molar-refractivity contribution >= 4 is 11.6 Å². The fraction of sp³-hybridized carbons (Fsp3) is 0.643. The van der Waals surface area contributed by atoms with Crippen LogP contribution >= 0.6 is 11.6 Å². The van der Waals surface area contributed by atoms with Gasteiger partial charge >= 0.3 is 0 Å². The monoisotopic (exact) mass is 252 g/mol. The second kappa shape index (κ2) is 5.83. The minimum Gasteiger partial charge on any atom is -0.296 e. The summed E-state index contributed by atoms with van der Waals surface area (Å²) in [6, 6.07) is 4.56. The van der Waals surface area contributed by atoms with E-state index in [2.05, 4.69) is 29.8 Å². The predicted octanol–water partition coefficient (Wildman–Crippen LogP) is 3.92. The average Bonchev–Trinajstić information content (AvgIpc) is 2.30. The molecular weight excluding hydrogens is 232 g/mol. The van der Waals surface area contributed by atoms with E-state index >= 15 is 0 Å². The number of pyridine rings is 1. The minimum atomic E-state index is 0.538.